The lowest BCUT2D eigenvalue weighted by atomic mass is 10.4. The lowest BCUT2D eigenvalue weighted by molar-refractivity contribution is 0.581. The Hall–Kier alpha value is -1.46. The van der Waals surface area contributed by atoms with Crippen LogP contribution in [0.15, 0.2) is 35.5 Å². The molecule has 0 aliphatic carbocycles. The Bertz CT molecular complexity index is 532. The van der Waals surface area contributed by atoms with Crippen molar-refractivity contribution in [1.82, 2.24) is 14.9 Å². The fraction of sp³-hybridized carbons (Fsp3) is 0.333. The summed E-state index contributed by atoms with van der Waals surface area (Å²) >= 11 is 1.79. The van der Waals surface area contributed by atoms with Gasteiger partial charge in [0.2, 0.25) is 0 Å². The monoisotopic (exact) mass is 249 g/mol. The van der Waals surface area contributed by atoms with E-state index < -0.39 is 0 Å². The molecule has 2 aromatic heterocycles. The van der Waals surface area contributed by atoms with Gasteiger partial charge in [0.1, 0.15) is 0 Å². The molecule has 1 N–H and O–H groups in total. The van der Waals surface area contributed by atoms with Crippen molar-refractivity contribution in [3.05, 3.63) is 50.8 Å². The van der Waals surface area contributed by atoms with Gasteiger partial charge in [0, 0.05) is 41.7 Å². The molecule has 0 spiro atoms. The highest BCUT2D eigenvalue weighted by molar-refractivity contribution is 7.11. The van der Waals surface area contributed by atoms with Gasteiger partial charge in [0.05, 0.1) is 6.33 Å². The first-order valence-electron chi connectivity index (χ1n) is 5.52. The molecule has 0 aliphatic heterocycles. The van der Waals surface area contributed by atoms with Crippen molar-refractivity contribution in [1.29, 1.82) is 0 Å². The van der Waals surface area contributed by atoms with Gasteiger partial charge in [-0.25, -0.2) is 4.98 Å². The van der Waals surface area contributed by atoms with Gasteiger partial charge < -0.3 is 5.32 Å². The zero-order valence-corrected chi connectivity index (χ0v) is 10.5. The van der Waals surface area contributed by atoms with Crippen molar-refractivity contribution in [2.75, 3.05) is 6.54 Å². The van der Waals surface area contributed by atoms with Crippen molar-refractivity contribution in [2.24, 2.45) is 0 Å². The van der Waals surface area contributed by atoms with Gasteiger partial charge in [0.15, 0.2) is 0 Å². The molecule has 5 heteroatoms. The molecule has 0 bridgehead atoms. The summed E-state index contributed by atoms with van der Waals surface area (Å²) in [5.41, 5.74) is -0.00577. The molecule has 0 atom stereocenters. The van der Waals surface area contributed by atoms with E-state index in [0.29, 0.717) is 6.54 Å². The Morgan fingerprint density at radius 2 is 2.29 bits per heavy atom. The second kappa shape index (κ2) is 5.75. The van der Waals surface area contributed by atoms with E-state index in [2.05, 4.69) is 29.4 Å². The van der Waals surface area contributed by atoms with E-state index in [-0.39, 0.29) is 5.56 Å². The van der Waals surface area contributed by atoms with Gasteiger partial charge in [0.25, 0.3) is 5.56 Å². The normalized spacial score (nSPS) is 10.6. The molecule has 0 fully saturated rings. The highest BCUT2D eigenvalue weighted by Gasteiger charge is 1.97. The Morgan fingerprint density at radius 1 is 1.41 bits per heavy atom. The fourth-order valence-electron chi connectivity index (χ4n) is 1.54. The Balaban J connectivity index is 1.77. The molecule has 2 rings (SSSR count). The Kier molecular flexibility index (Phi) is 4.06. The molecule has 0 saturated heterocycles. The quantitative estimate of drug-likeness (QED) is 0.815. The van der Waals surface area contributed by atoms with Crippen molar-refractivity contribution in [3.63, 3.8) is 0 Å². The van der Waals surface area contributed by atoms with Crippen LogP contribution in [0, 0.1) is 6.92 Å². The lowest BCUT2D eigenvalue weighted by Gasteiger charge is -2.05. The predicted octanol–water partition coefficient (Wildman–Crippen LogP) is 1.40. The summed E-state index contributed by atoms with van der Waals surface area (Å²) in [5, 5.41) is 3.31. The maximum absolute atomic E-state index is 11.4. The molecular weight excluding hydrogens is 234 g/mol. The molecule has 0 unspecified atom stereocenters. The van der Waals surface area contributed by atoms with Crippen LogP contribution in [0.25, 0.3) is 0 Å². The fourth-order valence-corrected chi connectivity index (χ4v) is 2.40. The van der Waals surface area contributed by atoms with Crippen molar-refractivity contribution in [2.45, 2.75) is 20.0 Å². The SMILES string of the molecule is Cc1ccc(CNCCn2cnccc2=O)s1. The summed E-state index contributed by atoms with van der Waals surface area (Å²) in [6.45, 7) is 4.37. The number of hydrogen-bond donors (Lipinski definition) is 1. The third-order valence-corrected chi connectivity index (χ3v) is 3.42. The summed E-state index contributed by atoms with van der Waals surface area (Å²) < 4.78 is 1.60. The number of aromatic nitrogens is 2. The van der Waals surface area contributed by atoms with Crippen LogP contribution >= 0.6 is 11.3 Å². The maximum Gasteiger partial charge on any atom is 0.253 e. The largest absolute Gasteiger partial charge is 0.310 e. The van der Waals surface area contributed by atoms with Gasteiger partial charge in [-0.2, -0.15) is 0 Å². The third kappa shape index (κ3) is 3.51. The average Bonchev–Trinajstić information content (AvgIpc) is 2.73. The number of nitrogens with zero attached hydrogens (tertiary/aromatic N) is 2. The standard InChI is InChI=1S/C12H15N3OS/c1-10-2-3-11(17-10)8-13-6-7-15-9-14-5-4-12(15)16/h2-5,9,13H,6-8H2,1H3. The number of thiophene rings is 1. The van der Waals surface area contributed by atoms with E-state index in [1.165, 1.54) is 22.0 Å². The molecule has 2 heterocycles. The highest BCUT2D eigenvalue weighted by Crippen LogP contribution is 2.14. The Labute approximate surface area is 104 Å². The van der Waals surface area contributed by atoms with Crippen molar-refractivity contribution in [3.8, 4) is 0 Å². The van der Waals surface area contributed by atoms with Gasteiger partial charge in [-0.1, -0.05) is 0 Å². The van der Waals surface area contributed by atoms with Gasteiger partial charge in [-0.15, -0.1) is 11.3 Å². The smallest absolute Gasteiger partial charge is 0.253 e. The Morgan fingerprint density at radius 3 is 3.00 bits per heavy atom. The van der Waals surface area contributed by atoms with Gasteiger partial charge >= 0.3 is 0 Å². The molecule has 0 aromatic carbocycles. The first-order valence-corrected chi connectivity index (χ1v) is 6.34. The van der Waals surface area contributed by atoms with Crippen LogP contribution < -0.4 is 10.9 Å². The maximum atomic E-state index is 11.4. The molecular formula is C12H15N3OS. The zero-order valence-electron chi connectivity index (χ0n) is 9.72. The summed E-state index contributed by atoms with van der Waals surface area (Å²) in [7, 11) is 0. The van der Waals surface area contributed by atoms with Crippen molar-refractivity contribution >= 4 is 11.3 Å². The predicted molar refractivity (Wildman–Crippen MR) is 69.3 cm³/mol. The van der Waals surface area contributed by atoms with Crippen LogP contribution in [-0.2, 0) is 13.1 Å². The summed E-state index contributed by atoms with van der Waals surface area (Å²) in [6, 6.07) is 5.72. The molecule has 0 radical (unpaired) electrons. The topological polar surface area (TPSA) is 46.9 Å². The minimum atomic E-state index is -0.00577. The van der Waals surface area contributed by atoms with Crippen LogP contribution in [0.2, 0.25) is 0 Å². The molecule has 2 aromatic rings. The number of nitrogens with one attached hydrogen (secondary N) is 1. The van der Waals surface area contributed by atoms with E-state index in [4.69, 9.17) is 0 Å². The molecule has 0 amide bonds. The van der Waals surface area contributed by atoms with E-state index >= 15 is 0 Å². The lowest BCUT2D eigenvalue weighted by Crippen LogP contribution is -2.26. The zero-order chi connectivity index (χ0) is 12.1. The summed E-state index contributed by atoms with van der Waals surface area (Å²) in [4.78, 5) is 18.0. The second-order valence-electron chi connectivity index (χ2n) is 3.80. The third-order valence-electron chi connectivity index (χ3n) is 2.42. The second-order valence-corrected chi connectivity index (χ2v) is 5.17. The molecule has 4 nitrogen and oxygen atoms in total. The number of rotatable bonds is 5. The highest BCUT2D eigenvalue weighted by atomic mass is 32.1. The molecule has 17 heavy (non-hydrogen) atoms. The number of aryl methyl sites for hydroxylation is 1. The van der Waals surface area contributed by atoms with Gasteiger partial charge in [-0.05, 0) is 19.1 Å². The number of hydrogen-bond acceptors (Lipinski definition) is 4. The van der Waals surface area contributed by atoms with E-state index in [9.17, 15) is 4.79 Å². The first-order chi connectivity index (χ1) is 8.25. The minimum Gasteiger partial charge on any atom is -0.310 e. The van der Waals surface area contributed by atoms with E-state index in [1.54, 1.807) is 22.2 Å². The van der Waals surface area contributed by atoms with Gasteiger partial charge in [-0.3, -0.25) is 9.36 Å². The van der Waals surface area contributed by atoms with E-state index in [1.807, 2.05) is 0 Å². The van der Waals surface area contributed by atoms with Crippen LogP contribution in [-0.4, -0.2) is 16.1 Å². The summed E-state index contributed by atoms with van der Waals surface area (Å²) in [5.74, 6) is 0. The average molecular weight is 249 g/mol. The molecule has 0 aliphatic rings. The van der Waals surface area contributed by atoms with Crippen LogP contribution in [0.3, 0.4) is 0 Å². The van der Waals surface area contributed by atoms with Crippen molar-refractivity contribution < 1.29 is 0 Å². The van der Waals surface area contributed by atoms with Crippen LogP contribution in [0.1, 0.15) is 9.75 Å². The van der Waals surface area contributed by atoms with Crippen LogP contribution in [0.4, 0.5) is 0 Å². The molecule has 90 valence electrons. The first kappa shape index (κ1) is 12.0. The van der Waals surface area contributed by atoms with Crippen LogP contribution in [0.5, 0.6) is 0 Å². The van der Waals surface area contributed by atoms with E-state index in [0.717, 1.165) is 13.1 Å². The molecule has 0 saturated carbocycles. The minimum absolute atomic E-state index is 0.00577. The summed E-state index contributed by atoms with van der Waals surface area (Å²) in [6.07, 6.45) is 3.08.